The Morgan fingerprint density at radius 2 is 0.880 bits per heavy atom. The zero-order chi connectivity index (χ0) is 18.3. The van der Waals surface area contributed by atoms with Crippen LogP contribution in [0.2, 0.25) is 0 Å². The number of rotatable bonds is 17. The number of carbonyl (C=O) groups excluding carboxylic acids is 1. The Hall–Kier alpha value is 0.430. The van der Waals surface area contributed by atoms with Crippen LogP contribution in [0, 0.1) is 0 Å². The first-order chi connectivity index (χ1) is 11.7. The molecule has 0 aromatic carbocycles. The summed E-state index contributed by atoms with van der Waals surface area (Å²) < 4.78 is 0. The van der Waals surface area contributed by atoms with Crippen LogP contribution in [-0.2, 0) is 4.79 Å². The van der Waals surface area contributed by atoms with Gasteiger partial charge in [-0.1, -0.05) is 110 Å². The average Bonchev–Trinajstić information content (AvgIpc) is 2.59. The second-order valence-electron chi connectivity index (χ2n) is 6.82. The first-order valence-electron chi connectivity index (χ1n) is 10.6. The monoisotopic (exact) mass is 365 g/mol. The molecule has 0 amide bonds. The van der Waals surface area contributed by atoms with Crippen LogP contribution < -0.4 is 40.4 Å². The Morgan fingerprint density at radius 3 is 1.08 bits per heavy atom. The summed E-state index contributed by atoms with van der Waals surface area (Å²) in [6, 6.07) is 0. The number of carboxylic acids is 1. The molecule has 0 aromatic rings. The van der Waals surface area contributed by atoms with Crippen molar-refractivity contribution < 1.29 is 39.5 Å². The van der Waals surface area contributed by atoms with Gasteiger partial charge in [-0.15, -0.1) is 0 Å². The van der Waals surface area contributed by atoms with Crippen LogP contribution >= 0.6 is 0 Å². The smallest absolute Gasteiger partial charge is 0.550 e. The molecule has 25 heavy (non-hydrogen) atoms. The number of carbonyl (C=O) groups is 1. The molecule has 2 N–H and O–H groups in total. The number of nitrogens with two attached hydrogens (primary N) is 1. The second kappa shape index (κ2) is 29.2. The molecule has 0 spiro atoms. The molecule has 0 bridgehead atoms. The van der Waals surface area contributed by atoms with Crippen LogP contribution in [-0.4, -0.2) is 12.5 Å². The summed E-state index contributed by atoms with van der Waals surface area (Å²) in [6.07, 6.45) is 23.0. The topological polar surface area (TPSA) is 66.1 Å². The molecule has 0 atom stereocenters. The van der Waals surface area contributed by atoms with Crippen LogP contribution in [0.3, 0.4) is 0 Å². The van der Waals surface area contributed by atoms with Crippen molar-refractivity contribution in [3.05, 3.63) is 0 Å². The minimum atomic E-state index is -0.995. The second-order valence-corrected chi connectivity index (χ2v) is 6.82. The SMILES string of the molecule is CCC(=O)[O-].CCCCCCCCCCCCCCCCCCN.[Na+]. The molecule has 0 saturated carbocycles. The van der Waals surface area contributed by atoms with Gasteiger partial charge in [-0.2, -0.15) is 0 Å². The molecule has 3 nitrogen and oxygen atoms in total. The van der Waals surface area contributed by atoms with E-state index in [-0.39, 0.29) is 36.0 Å². The Kier molecular flexibility index (Phi) is 35.2. The molecule has 0 heterocycles. The quantitative estimate of drug-likeness (QED) is 0.318. The number of unbranched alkanes of at least 4 members (excludes halogenated alkanes) is 15. The van der Waals surface area contributed by atoms with Crippen molar-refractivity contribution in [2.45, 2.75) is 123 Å². The third-order valence-corrected chi connectivity index (χ3v) is 4.35. The van der Waals surface area contributed by atoms with E-state index in [4.69, 9.17) is 5.73 Å². The standard InChI is InChI=1S/C18H39N.C3H6O2.Na/c1-2-3-4-5-6-7-8-9-10-11-12-13-14-15-16-17-18-19;1-2-3(4)5;/h2-19H2,1H3;2H2,1H3,(H,4,5);/q;;+1/p-1. The average molecular weight is 366 g/mol. The normalized spacial score (nSPS) is 9.88. The molecule has 0 radical (unpaired) electrons. The van der Waals surface area contributed by atoms with Gasteiger partial charge in [0, 0.05) is 5.97 Å². The molecule has 0 rings (SSSR count). The molecule has 0 aliphatic carbocycles. The molecule has 0 aliphatic rings. The zero-order valence-electron chi connectivity index (χ0n) is 17.6. The van der Waals surface area contributed by atoms with Gasteiger partial charge >= 0.3 is 29.6 Å². The molecule has 0 aromatic heterocycles. The minimum Gasteiger partial charge on any atom is -0.550 e. The molecule has 0 saturated heterocycles. The van der Waals surface area contributed by atoms with Crippen molar-refractivity contribution in [3.63, 3.8) is 0 Å². The maximum atomic E-state index is 9.26. The maximum absolute atomic E-state index is 9.26. The predicted octanol–water partition coefficient (Wildman–Crippen LogP) is 2.36. The summed E-state index contributed by atoms with van der Waals surface area (Å²) >= 11 is 0. The molecule has 146 valence electrons. The van der Waals surface area contributed by atoms with Crippen molar-refractivity contribution in [2.75, 3.05) is 6.54 Å². The summed E-state index contributed by atoms with van der Waals surface area (Å²) in [5.74, 6) is -0.995. The van der Waals surface area contributed by atoms with Gasteiger partial charge < -0.3 is 15.6 Å². The van der Waals surface area contributed by atoms with Crippen molar-refractivity contribution in [3.8, 4) is 0 Å². The van der Waals surface area contributed by atoms with Crippen molar-refractivity contribution >= 4 is 5.97 Å². The summed E-state index contributed by atoms with van der Waals surface area (Å²) in [5.41, 5.74) is 5.48. The maximum Gasteiger partial charge on any atom is 1.00 e. The number of hydrogen-bond acceptors (Lipinski definition) is 3. The van der Waals surface area contributed by atoms with Crippen molar-refractivity contribution in [2.24, 2.45) is 5.73 Å². The van der Waals surface area contributed by atoms with E-state index >= 15 is 0 Å². The predicted molar refractivity (Wildman–Crippen MR) is 104 cm³/mol. The van der Waals surface area contributed by atoms with E-state index in [0.717, 1.165) is 6.54 Å². The number of carboxylic acid groups (broad SMARTS) is 1. The van der Waals surface area contributed by atoms with Crippen LogP contribution in [0.4, 0.5) is 0 Å². The summed E-state index contributed by atoms with van der Waals surface area (Å²) in [6.45, 7) is 4.70. The van der Waals surface area contributed by atoms with E-state index in [1.807, 2.05) is 0 Å². The molecule has 0 fully saturated rings. The van der Waals surface area contributed by atoms with Gasteiger partial charge in [0.15, 0.2) is 0 Å². The van der Waals surface area contributed by atoms with Gasteiger partial charge in [0.05, 0.1) is 0 Å². The van der Waals surface area contributed by atoms with Gasteiger partial charge in [0.2, 0.25) is 0 Å². The first-order valence-corrected chi connectivity index (χ1v) is 10.6. The minimum absolute atomic E-state index is 0. The van der Waals surface area contributed by atoms with Crippen LogP contribution in [0.1, 0.15) is 123 Å². The largest absolute Gasteiger partial charge is 1.00 e. The third kappa shape index (κ3) is 36.2. The summed E-state index contributed by atoms with van der Waals surface area (Å²) in [7, 11) is 0. The fraction of sp³-hybridized carbons (Fsp3) is 0.952. The van der Waals surface area contributed by atoms with Crippen molar-refractivity contribution in [1.29, 1.82) is 0 Å². The Morgan fingerprint density at radius 1 is 0.640 bits per heavy atom. The van der Waals surface area contributed by atoms with E-state index < -0.39 is 5.97 Å². The van der Waals surface area contributed by atoms with E-state index in [0.29, 0.717) is 0 Å². The Balaban J connectivity index is -0.000000704. The van der Waals surface area contributed by atoms with Gasteiger partial charge in [0.25, 0.3) is 0 Å². The zero-order valence-corrected chi connectivity index (χ0v) is 19.6. The van der Waals surface area contributed by atoms with E-state index in [2.05, 4.69) is 6.92 Å². The Bertz CT molecular complexity index is 222. The fourth-order valence-corrected chi connectivity index (χ4v) is 2.69. The fourth-order valence-electron chi connectivity index (χ4n) is 2.69. The molecular formula is C21H44NNaO2. The molecule has 0 unspecified atom stereocenters. The van der Waals surface area contributed by atoms with Gasteiger partial charge in [0.1, 0.15) is 0 Å². The Labute approximate surface area is 180 Å². The summed E-state index contributed by atoms with van der Waals surface area (Å²) in [5, 5.41) is 9.26. The van der Waals surface area contributed by atoms with E-state index in [1.54, 1.807) is 0 Å². The van der Waals surface area contributed by atoms with Gasteiger partial charge in [-0.05, 0) is 19.4 Å². The van der Waals surface area contributed by atoms with Gasteiger partial charge in [-0.25, -0.2) is 0 Å². The van der Waals surface area contributed by atoms with Crippen LogP contribution in [0.15, 0.2) is 0 Å². The summed E-state index contributed by atoms with van der Waals surface area (Å²) in [4.78, 5) is 9.26. The molecular weight excluding hydrogens is 321 g/mol. The first kappa shape index (κ1) is 30.2. The van der Waals surface area contributed by atoms with Crippen molar-refractivity contribution in [1.82, 2.24) is 0 Å². The van der Waals surface area contributed by atoms with Crippen LogP contribution in [0.5, 0.6) is 0 Å². The van der Waals surface area contributed by atoms with Crippen LogP contribution in [0.25, 0.3) is 0 Å². The number of hydrogen-bond donors (Lipinski definition) is 1. The molecule has 4 heteroatoms. The van der Waals surface area contributed by atoms with Gasteiger partial charge in [-0.3, -0.25) is 0 Å². The third-order valence-electron chi connectivity index (χ3n) is 4.35. The van der Waals surface area contributed by atoms with E-state index in [9.17, 15) is 9.90 Å². The van der Waals surface area contributed by atoms with E-state index in [1.165, 1.54) is 110 Å². The number of aliphatic carboxylic acids is 1. The molecule has 0 aliphatic heterocycles.